The summed E-state index contributed by atoms with van der Waals surface area (Å²) >= 11 is 1.63. The Morgan fingerprint density at radius 1 is 1.13 bits per heavy atom. The number of rotatable bonds is 5. The summed E-state index contributed by atoms with van der Waals surface area (Å²) < 4.78 is 0. The molecule has 6 heteroatoms. The third kappa shape index (κ3) is 4.55. The van der Waals surface area contributed by atoms with Gasteiger partial charge in [0.1, 0.15) is 5.82 Å². The molecule has 1 aromatic carbocycles. The van der Waals surface area contributed by atoms with E-state index < -0.39 is 0 Å². The molecular formula is C24H28N4OS. The van der Waals surface area contributed by atoms with Gasteiger partial charge in [0.25, 0.3) is 0 Å². The molecule has 30 heavy (non-hydrogen) atoms. The first kappa shape index (κ1) is 20.6. The summed E-state index contributed by atoms with van der Waals surface area (Å²) in [6.45, 7) is 11.7. The highest BCUT2D eigenvalue weighted by Gasteiger charge is 2.17. The lowest BCUT2D eigenvalue weighted by Crippen LogP contribution is -2.46. The van der Waals surface area contributed by atoms with Crippen molar-refractivity contribution in [3.63, 3.8) is 0 Å². The van der Waals surface area contributed by atoms with Crippen LogP contribution in [0.25, 0.3) is 17.0 Å². The normalized spacial score (nSPS) is 15.2. The maximum absolute atomic E-state index is 12.3. The van der Waals surface area contributed by atoms with E-state index in [9.17, 15) is 4.79 Å². The Morgan fingerprint density at radius 3 is 2.63 bits per heavy atom. The minimum atomic E-state index is -0.127. The van der Waals surface area contributed by atoms with Crippen LogP contribution in [-0.4, -0.2) is 48.5 Å². The molecule has 0 saturated carbocycles. The molecule has 0 radical (unpaired) electrons. The van der Waals surface area contributed by atoms with Crippen molar-refractivity contribution in [3.8, 4) is 0 Å². The minimum absolute atomic E-state index is 0.127. The smallest absolute Gasteiger partial charge is 0.248 e. The van der Waals surface area contributed by atoms with Crippen molar-refractivity contribution in [2.24, 2.45) is 0 Å². The van der Waals surface area contributed by atoms with Gasteiger partial charge in [-0.05, 0) is 73.3 Å². The van der Waals surface area contributed by atoms with E-state index in [4.69, 9.17) is 4.98 Å². The Kier molecular flexibility index (Phi) is 6.16. The summed E-state index contributed by atoms with van der Waals surface area (Å²) in [5.74, 6) is 0.917. The molecule has 0 unspecified atom stereocenters. The molecule has 1 amide bonds. The van der Waals surface area contributed by atoms with Crippen LogP contribution in [0.5, 0.6) is 0 Å². The van der Waals surface area contributed by atoms with Crippen LogP contribution in [0.1, 0.15) is 22.9 Å². The number of hydrogen-bond acceptors (Lipinski definition) is 5. The first-order valence-electron chi connectivity index (χ1n) is 10.5. The molecule has 0 spiro atoms. The average molecular weight is 421 g/mol. The first-order valence-corrected chi connectivity index (χ1v) is 11.3. The Balaban J connectivity index is 1.49. The number of carbonyl (C=O) groups is 1. The molecule has 1 fully saturated rings. The third-order valence-corrected chi connectivity index (χ3v) is 6.68. The SMILES string of the molecule is CCN1CCN(c2cc(C)c3cc(NC(=O)/C=C/c4sccc4C)ccc3n2)CC1. The van der Waals surface area contributed by atoms with Gasteiger partial charge in [0, 0.05) is 48.2 Å². The van der Waals surface area contributed by atoms with Crippen molar-refractivity contribution in [1.29, 1.82) is 0 Å². The number of thiophene rings is 1. The maximum Gasteiger partial charge on any atom is 0.248 e. The van der Waals surface area contributed by atoms with Crippen LogP contribution in [0, 0.1) is 13.8 Å². The van der Waals surface area contributed by atoms with Gasteiger partial charge in [0.2, 0.25) is 5.91 Å². The number of aromatic nitrogens is 1. The van der Waals surface area contributed by atoms with Crippen LogP contribution in [0.2, 0.25) is 0 Å². The zero-order valence-corrected chi connectivity index (χ0v) is 18.6. The highest BCUT2D eigenvalue weighted by molar-refractivity contribution is 7.11. The van der Waals surface area contributed by atoms with Gasteiger partial charge < -0.3 is 15.1 Å². The molecule has 0 bridgehead atoms. The quantitative estimate of drug-likeness (QED) is 0.608. The molecule has 1 N–H and O–H groups in total. The number of fused-ring (bicyclic) bond motifs is 1. The van der Waals surface area contributed by atoms with Crippen molar-refractivity contribution in [1.82, 2.24) is 9.88 Å². The number of likely N-dealkylation sites (N-methyl/N-ethyl adjacent to an activating group) is 1. The van der Waals surface area contributed by atoms with Crippen LogP contribution < -0.4 is 10.2 Å². The lowest BCUT2D eigenvalue weighted by atomic mass is 10.1. The highest BCUT2D eigenvalue weighted by atomic mass is 32.1. The molecule has 3 heterocycles. The Bertz CT molecular complexity index is 1080. The topological polar surface area (TPSA) is 48.5 Å². The van der Waals surface area contributed by atoms with Crippen LogP contribution in [0.3, 0.4) is 0 Å². The highest BCUT2D eigenvalue weighted by Crippen LogP contribution is 2.26. The largest absolute Gasteiger partial charge is 0.354 e. The van der Waals surface area contributed by atoms with E-state index in [0.717, 1.165) is 60.0 Å². The summed E-state index contributed by atoms with van der Waals surface area (Å²) in [5, 5.41) is 6.07. The molecule has 156 valence electrons. The number of hydrogen-bond donors (Lipinski definition) is 1. The van der Waals surface area contributed by atoms with E-state index in [1.54, 1.807) is 17.4 Å². The van der Waals surface area contributed by atoms with Crippen LogP contribution in [0.4, 0.5) is 11.5 Å². The Hall–Kier alpha value is -2.70. The van der Waals surface area contributed by atoms with Crippen molar-refractivity contribution in [2.45, 2.75) is 20.8 Å². The second-order valence-corrected chi connectivity index (χ2v) is 8.69. The van der Waals surface area contributed by atoms with Gasteiger partial charge in [-0.25, -0.2) is 4.98 Å². The summed E-state index contributed by atoms with van der Waals surface area (Å²) in [7, 11) is 0. The van der Waals surface area contributed by atoms with Crippen LogP contribution >= 0.6 is 11.3 Å². The number of nitrogens with zero attached hydrogens (tertiary/aromatic N) is 3. The molecule has 1 saturated heterocycles. The number of piperazine rings is 1. The van der Waals surface area contributed by atoms with Crippen molar-refractivity contribution in [2.75, 3.05) is 42.9 Å². The molecule has 1 aliphatic heterocycles. The lowest BCUT2D eigenvalue weighted by molar-refractivity contribution is -0.111. The Morgan fingerprint density at radius 2 is 1.93 bits per heavy atom. The molecule has 3 aromatic rings. The number of benzene rings is 1. The zero-order chi connectivity index (χ0) is 21.1. The number of pyridine rings is 1. The third-order valence-electron chi connectivity index (χ3n) is 5.70. The molecule has 0 aliphatic carbocycles. The summed E-state index contributed by atoms with van der Waals surface area (Å²) in [6, 6.07) is 10.2. The van der Waals surface area contributed by atoms with E-state index in [-0.39, 0.29) is 5.91 Å². The van der Waals surface area contributed by atoms with Crippen LogP contribution in [-0.2, 0) is 4.79 Å². The van der Waals surface area contributed by atoms with E-state index in [1.807, 2.05) is 36.6 Å². The standard InChI is InChI=1S/C24H28N4OS/c1-4-27-10-12-28(13-11-27)23-15-18(3)20-16-19(5-6-21(20)26-23)25-24(29)8-7-22-17(2)9-14-30-22/h5-9,14-16H,4,10-13H2,1-3H3,(H,25,29)/b8-7+. The summed E-state index contributed by atoms with van der Waals surface area (Å²) in [4.78, 5) is 23.2. The second-order valence-electron chi connectivity index (χ2n) is 7.74. The number of carbonyl (C=O) groups excluding carboxylic acids is 1. The number of nitrogens with one attached hydrogen (secondary N) is 1. The summed E-state index contributed by atoms with van der Waals surface area (Å²) in [5.41, 5.74) is 4.11. The van der Waals surface area contributed by atoms with Gasteiger partial charge in [-0.3, -0.25) is 4.79 Å². The van der Waals surface area contributed by atoms with Gasteiger partial charge >= 0.3 is 0 Å². The fourth-order valence-electron chi connectivity index (χ4n) is 3.80. The molecule has 5 nitrogen and oxygen atoms in total. The fraction of sp³-hybridized carbons (Fsp3) is 0.333. The Labute approximate surface area is 182 Å². The lowest BCUT2D eigenvalue weighted by Gasteiger charge is -2.35. The van der Waals surface area contributed by atoms with Gasteiger partial charge in [0.15, 0.2) is 0 Å². The fourth-order valence-corrected chi connectivity index (χ4v) is 4.62. The minimum Gasteiger partial charge on any atom is -0.354 e. The van der Waals surface area contributed by atoms with Crippen molar-refractivity contribution in [3.05, 3.63) is 57.8 Å². The van der Waals surface area contributed by atoms with Gasteiger partial charge in [-0.15, -0.1) is 11.3 Å². The predicted octanol–water partition coefficient (Wildman–Crippen LogP) is 4.71. The van der Waals surface area contributed by atoms with Gasteiger partial charge in [-0.1, -0.05) is 6.92 Å². The second kappa shape index (κ2) is 8.98. The summed E-state index contributed by atoms with van der Waals surface area (Å²) in [6.07, 6.45) is 3.46. The maximum atomic E-state index is 12.3. The van der Waals surface area contributed by atoms with E-state index in [2.05, 4.69) is 41.1 Å². The van der Waals surface area contributed by atoms with E-state index >= 15 is 0 Å². The van der Waals surface area contributed by atoms with Crippen molar-refractivity contribution < 1.29 is 4.79 Å². The van der Waals surface area contributed by atoms with E-state index in [1.165, 1.54) is 11.1 Å². The monoisotopic (exact) mass is 420 g/mol. The van der Waals surface area contributed by atoms with E-state index in [0.29, 0.717) is 0 Å². The molecular weight excluding hydrogens is 392 g/mol. The molecule has 4 rings (SSSR count). The molecule has 2 aromatic heterocycles. The average Bonchev–Trinajstić information content (AvgIpc) is 3.17. The molecule has 0 atom stereocenters. The number of amides is 1. The zero-order valence-electron chi connectivity index (χ0n) is 17.8. The van der Waals surface area contributed by atoms with Crippen LogP contribution in [0.15, 0.2) is 41.8 Å². The molecule has 1 aliphatic rings. The van der Waals surface area contributed by atoms with Gasteiger partial charge in [-0.2, -0.15) is 0 Å². The van der Waals surface area contributed by atoms with Gasteiger partial charge in [0.05, 0.1) is 5.52 Å². The predicted molar refractivity (Wildman–Crippen MR) is 128 cm³/mol. The first-order chi connectivity index (χ1) is 14.5. The number of anilines is 2. The number of aryl methyl sites for hydroxylation is 2. The van der Waals surface area contributed by atoms with Crippen molar-refractivity contribution >= 4 is 45.7 Å².